The van der Waals surface area contributed by atoms with Crippen molar-refractivity contribution in [1.29, 1.82) is 0 Å². The minimum Gasteiger partial charge on any atom is -0.481 e. The number of hydrogen-bond donors (Lipinski definition) is 0. The third kappa shape index (κ3) is 4.75. The van der Waals surface area contributed by atoms with Crippen LogP contribution < -0.4 is 10.3 Å². The first-order valence-corrected chi connectivity index (χ1v) is 10.7. The molecule has 0 saturated carbocycles. The molecule has 2 atom stereocenters. The van der Waals surface area contributed by atoms with Crippen molar-refractivity contribution in [3.63, 3.8) is 0 Å². The number of hydrogen-bond acceptors (Lipinski definition) is 7. The number of carbonyl (C=O) groups excluding carboxylic acids is 2. The number of rotatable bonds is 6. The Hall–Kier alpha value is -3.66. The van der Waals surface area contributed by atoms with Gasteiger partial charge in [-0.15, -0.1) is 0 Å². The predicted molar refractivity (Wildman–Crippen MR) is 118 cm³/mol. The van der Waals surface area contributed by atoms with Crippen LogP contribution in [-0.4, -0.2) is 63.1 Å². The maximum absolute atomic E-state index is 13.1. The van der Waals surface area contributed by atoms with Crippen molar-refractivity contribution in [3.05, 3.63) is 64.3 Å². The molecule has 3 aromatic rings. The number of fused-ring (bicyclic) bond motifs is 1. The lowest BCUT2D eigenvalue weighted by Crippen LogP contribution is -2.49. The van der Waals surface area contributed by atoms with Gasteiger partial charge in [-0.25, -0.2) is 14.2 Å². The average molecular weight is 454 g/mol. The van der Waals surface area contributed by atoms with E-state index in [0.717, 1.165) is 5.56 Å². The van der Waals surface area contributed by atoms with E-state index in [2.05, 4.69) is 4.98 Å². The van der Waals surface area contributed by atoms with E-state index in [1.54, 1.807) is 11.1 Å². The fraction of sp³-hybridized carbons (Fsp3) is 0.391. The maximum Gasteiger partial charge on any atom is 0.360 e. The number of esters is 1. The molecule has 33 heavy (non-hydrogen) atoms. The van der Waals surface area contributed by atoms with Crippen molar-refractivity contribution >= 4 is 17.7 Å². The first-order valence-electron chi connectivity index (χ1n) is 10.7. The van der Waals surface area contributed by atoms with Crippen LogP contribution in [0.15, 0.2) is 47.5 Å². The number of benzene rings is 1. The highest BCUT2D eigenvalue weighted by Gasteiger charge is 2.27. The Morgan fingerprint density at radius 1 is 1.12 bits per heavy atom. The van der Waals surface area contributed by atoms with Gasteiger partial charge in [0.15, 0.2) is 5.69 Å². The quantitative estimate of drug-likeness (QED) is 0.520. The molecule has 1 aliphatic heterocycles. The minimum absolute atomic E-state index is 0.0345. The normalized spacial score (nSPS) is 18.3. The van der Waals surface area contributed by atoms with E-state index in [0.29, 0.717) is 13.1 Å². The van der Waals surface area contributed by atoms with E-state index in [-0.39, 0.29) is 48.5 Å². The third-order valence-electron chi connectivity index (χ3n) is 5.39. The van der Waals surface area contributed by atoms with E-state index < -0.39 is 11.5 Å². The monoisotopic (exact) mass is 454 g/mol. The van der Waals surface area contributed by atoms with E-state index in [9.17, 15) is 14.4 Å². The van der Waals surface area contributed by atoms with E-state index >= 15 is 0 Å². The minimum atomic E-state index is -0.799. The molecule has 3 heterocycles. The van der Waals surface area contributed by atoms with Crippen LogP contribution in [-0.2, 0) is 27.4 Å². The highest BCUT2D eigenvalue weighted by Crippen LogP contribution is 2.17. The van der Waals surface area contributed by atoms with Gasteiger partial charge in [0.1, 0.15) is 13.2 Å². The van der Waals surface area contributed by atoms with Gasteiger partial charge in [0, 0.05) is 25.5 Å². The second-order valence-corrected chi connectivity index (χ2v) is 8.01. The lowest BCUT2D eigenvalue weighted by molar-refractivity contribution is -0.143. The molecule has 0 bridgehead atoms. The van der Waals surface area contributed by atoms with Gasteiger partial charge in [-0.2, -0.15) is 0 Å². The molecular formula is C23H26N4O6. The first-order chi connectivity index (χ1) is 15.9. The topological polar surface area (TPSA) is 104 Å². The van der Waals surface area contributed by atoms with Crippen molar-refractivity contribution in [2.24, 2.45) is 0 Å². The molecule has 1 saturated heterocycles. The lowest BCUT2D eigenvalue weighted by Gasteiger charge is -2.35. The summed E-state index contributed by atoms with van der Waals surface area (Å²) in [6.45, 7) is 4.86. The molecule has 0 aliphatic carbocycles. The fourth-order valence-electron chi connectivity index (χ4n) is 3.90. The Morgan fingerprint density at radius 2 is 1.82 bits per heavy atom. The van der Waals surface area contributed by atoms with Crippen LogP contribution in [0.5, 0.6) is 5.75 Å². The van der Waals surface area contributed by atoms with Crippen LogP contribution in [0.2, 0.25) is 0 Å². The highest BCUT2D eigenvalue weighted by atomic mass is 16.5. The number of methoxy groups -OCH3 is 1. The molecule has 174 valence electrons. The predicted octanol–water partition coefficient (Wildman–Crippen LogP) is 1.50. The number of imidazole rings is 1. The van der Waals surface area contributed by atoms with Crippen LogP contribution in [0.1, 0.15) is 29.9 Å². The van der Waals surface area contributed by atoms with Crippen molar-refractivity contribution in [2.45, 2.75) is 39.2 Å². The van der Waals surface area contributed by atoms with Crippen LogP contribution in [0, 0.1) is 0 Å². The third-order valence-corrected chi connectivity index (χ3v) is 5.39. The largest absolute Gasteiger partial charge is 0.481 e. The van der Waals surface area contributed by atoms with Crippen LogP contribution in [0.25, 0.3) is 5.78 Å². The van der Waals surface area contributed by atoms with E-state index in [1.165, 1.54) is 22.3 Å². The summed E-state index contributed by atoms with van der Waals surface area (Å²) in [6.07, 6.45) is 2.96. The fourth-order valence-corrected chi connectivity index (χ4v) is 3.90. The average Bonchev–Trinajstić information content (AvgIpc) is 3.20. The number of nitrogens with zero attached hydrogens (tertiary/aromatic N) is 4. The van der Waals surface area contributed by atoms with E-state index in [4.69, 9.17) is 14.2 Å². The second-order valence-electron chi connectivity index (χ2n) is 8.01. The smallest absolute Gasteiger partial charge is 0.360 e. The molecule has 0 spiro atoms. The molecule has 0 N–H and O–H groups in total. The number of morpholine rings is 1. The molecule has 10 heteroatoms. The summed E-state index contributed by atoms with van der Waals surface area (Å²) in [5.41, 5.74) is 0.0329. The molecule has 10 nitrogen and oxygen atoms in total. The summed E-state index contributed by atoms with van der Waals surface area (Å²) in [7, 11) is 1.20. The summed E-state index contributed by atoms with van der Waals surface area (Å²) < 4.78 is 19.0. The summed E-state index contributed by atoms with van der Waals surface area (Å²) in [6, 6.07) is 9.25. The standard InChI is InChI=1S/C23H26N4O6/c1-15-11-26(12-16(2)33-15)18(28)13-25-9-10-27-21(29)20(19(22(30)31-3)24-23(25)27)32-14-17-7-5-4-6-8-17/h4-10,15-16H,11-14H2,1-3H3/t15-,16?/m0/s1. The SMILES string of the molecule is COC(=O)c1nc2n(CC(=O)N3CC(C)O[C@@H](C)C3)ccn2c(=O)c1OCc1ccccc1. The van der Waals surface area contributed by atoms with Gasteiger partial charge in [-0.05, 0) is 19.4 Å². The summed E-state index contributed by atoms with van der Waals surface area (Å²) in [5, 5.41) is 0. The Labute approximate surface area is 190 Å². The summed E-state index contributed by atoms with van der Waals surface area (Å²) in [4.78, 5) is 44.5. The Morgan fingerprint density at radius 3 is 2.48 bits per heavy atom. The lowest BCUT2D eigenvalue weighted by atomic mass is 10.2. The number of carbonyl (C=O) groups is 2. The van der Waals surface area contributed by atoms with Crippen molar-refractivity contribution in [3.8, 4) is 5.75 Å². The van der Waals surface area contributed by atoms with Gasteiger partial charge in [0.2, 0.25) is 17.4 Å². The van der Waals surface area contributed by atoms with Gasteiger partial charge in [-0.1, -0.05) is 30.3 Å². The number of aromatic nitrogens is 3. The van der Waals surface area contributed by atoms with Gasteiger partial charge in [-0.3, -0.25) is 9.59 Å². The van der Waals surface area contributed by atoms with Gasteiger partial charge in [0.25, 0.3) is 0 Å². The van der Waals surface area contributed by atoms with Crippen molar-refractivity contribution < 1.29 is 23.8 Å². The first kappa shape index (κ1) is 22.5. The molecule has 4 rings (SSSR count). The second kappa shape index (κ2) is 9.45. The van der Waals surface area contributed by atoms with Crippen LogP contribution >= 0.6 is 0 Å². The van der Waals surface area contributed by atoms with Crippen LogP contribution in [0.3, 0.4) is 0 Å². The molecule has 0 radical (unpaired) electrons. The summed E-state index contributed by atoms with van der Waals surface area (Å²) >= 11 is 0. The Bertz CT molecular complexity index is 1210. The molecule has 1 aliphatic rings. The molecule has 2 aromatic heterocycles. The molecule has 1 aromatic carbocycles. The number of amides is 1. The zero-order valence-corrected chi connectivity index (χ0v) is 18.8. The van der Waals surface area contributed by atoms with Crippen LogP contribution in [0.4, 0.5) is 0 Å². The van der Waals surface area contributed by atoms with Crippen molar-refractivity contribution in [2.75, 3.05) is 20.2 Å². The molecular weight excluding hydrogens is 428 g/mol. The van der Waals surface area contributed by atoms with Gasteiger partial charge in [0.05, 0.1) is 19.3 Å². The summed E-state index contributed by atoms with van der Waals surface area (Å²) in [5.74, 6) is -0.987. The zero-order chi connectivity index (χ0) is 23.5. The van der Waals surface area contributed by atoms with Gasteiger partial charge < -0.3 is 23.7 Å². The maximum atomic E-state index is 13.1. The highest BCUT2D eigenvalue weighted by molar-refractivity contribution is 5.90. The zero-order valence-electron chi connectivity index (χ0n) is 18.8. The Balaban J connectivity index is 1.65. The van der Waals surface area contributed by atoms with Gasteiger partial charge >= 0.3 is 11.5 Å². The van der Waals surface area contributed by atoms with Crippen molar-refractivity contribution in [1.82, 2.24) is 18.9 Å². The molecule has 1 amide bonds. The Kier molecular flexibility index (Phi) is 6.45. The molecule has 1 fully saturated rings. The van der Waals surface area contributed by atoms with E-state index in [1.807, 2.05) is 44.2 Å². The number of ether oxygens (including phenoxy) is 3. The molecule has 1 unspecified atom stereocenters.